The summed E-state index contributed by atoms with van der Waals surface area (Å²) in [4.78, 5) is 22.2. The summed E-state index contributed by atoms with van der Waals surface area (Å²) in [5, 5.41) is 8.79. The van der Waals surface area contributed by atoms with Gasteiger partial charge < -0.3 is 9.84 Å². The van der Waals surface area contributed by atoms with Crippen molar-refractivity contribution in [3.63, 3.8) is 0 Å². The van der Waals surface area contributed by atoms with E-state index in [9.17, 15) is 14.0 Å². The second-order valence-electron chi connectivity index (χ2n) is 4.46. The molecule has 0 fully saturated rings. The van der Waals surface area contributed by atoms with Crippen molar-refractivity contribution in [2.75, 3.05) is 7.11 Å². The van der Waals surface area contributed by atoms with E-state index in [4.69, 9.17) is 5.11 Å². The van der Waals surface area contributed by atoms with Gasteiger partial charge in [-0.1, -0.05) is 18.2 Å². The first-order valence-corrected chi connectivity index (χ1v) is 6.20. The van der Waals surface area contributed by atoms with Crippen molar-refractivity contribution < 1.29 is 23.8 Å². The predicted molar refractivity (Wildman–Crippen MR) is 74.5 cm³/mol. The monoisotopic (exact) mass is 288 g/mol. The van der Waals surface area contributed by atoms with Crippen molar-refractivity contribution >= 4 is 11.9 Å². The highest BCUT2D eigenvalue weighted by Crippen LogP contribution is 2.25. The van der Waals surface area contributed by atoms with Crippen LogP contribution in [0.3, 0.4) is 0 Å². The number of hydrogen-bond acceptors (Lipinski definition) is 3. The molecule has 2 rings (SSSR count). The lowest BCUT2D eigenvalue weighted by Gasteiger charge is -2.07. The molecular formula is C16H13FO4. The van der Waals surface area contributed by atoms with Crippen LogP contribution in [-0.2, 0) is 16.0 Å². The maximum absolute atomic E-state index is 13.9. The Morgan fingerprint density at radius 3 is 2.62 bits per heavy atom. The number of carboxylic acid groups (broad SMARTS) is 1. The molecule has 0 saturated heterocycles. The molecule has 0 spiro atoms. The van der Waals surface area contributed by atoms with Crippen molar-refractivity contribution in [3.8, 4) is 11.1 Å². The van der Waals surface area contributed by atoms with Crippen LogP contribution < -0.4 is 0 Å². The minimum absolute atomic E-state index is 0.191. The Hall–Kier alpha value is -2.69. The molecule has 0 bridgehead atoms. The lowest BCUT2D eigenvalue weighted by atomic mass is 9.99. The Balaban J connectivity index is 2.45. The van der Waals surface area contributed by atoms with Crippen LogP contribution in [0.25, 0.3) is 11.1 Å². The van der Waals surface area contributed by atoms with E-state index in [0.29, 0.717) is 16.7 Å². The van der Waals surface area contributed by atoms with E-state index < -0.39 is 17.8 Å². The topological polar surface area (TPSA) is 63.6 Å². The zero-order valence-electron chi connectivity index (χ0n) is 11.3. The molecule has 0 aliphatic heterocycles. The Kier molecular flexibility index (Phi) is 4.33. The summed E-state index contributed by atoms with van der Waals surface area (Å²) < 4.78 is 18.6. The van der Waals surface area contributed by atoms with E-state index in [2.05, 4.69) is 4.74 Å². The Morgan fingerprint density at radius 1 is 1.19 bits per heavy atom. The van der Waals surface area contributed by atoms with Crippen molar-refractivity contribution in [2.45, 2.75) is 6.42 Å². The van der Waals surface area contributed by atoms with Gasteiger partial charge in [-0.2, -0.15) is 0 Å². The number of esters is 1. The van der Waals surface area contributed by atoms with Crippen LogP contribution in [0, 0.1) is 5.82 Å². The molecule has 108 valence electrons. The van der Waals surface area contributed by atoms with Gasteiger partial charge in [-0.05, 0) is 35.4 Å². The van der Waals surface area contributed by atoms with Crippen LogP contribution in [-0.4, -0.2) is 24.2 Å². The summed E-state index contributed by atoms with van der Waals surface area (Å²) in [7, 11) is 1.27. The summed E-state index contributed by atoms with van der Waals surface area (Å²) in [5.41, 5.74) is 1.53. The molecule has 0 saturated carbocycles. The number of halogens is 1. The molecule has 21 heavy (non-hydrogen) atoms. The molecule has 0 amide bonds. The molecule has 4 nitrogen and oxygen atoms in total. The van der Waals surface area contributed by atoms with Gasteiger partial charge in [0.05, 0.1) is 19.1 Å². The molecule has 0 atom stereocenters. The highest BCUT2D eigenvalue weighted by Gasteiger charge is 2.11. The van der Waals surface area contributed by atoms with E-state index in [1.165, 1.54) is 31.4 Å². The number of methoxy groups -OCH3 is 1. The molecule has 0 radical (unpaired) electrons. The Morgan fingerprint density at radius 2 is 1.95 bits per heavy atom. The fraction of sp³-hybridized carbons (Fsp3) is 0.125. The fourth-order valence-corrected chi connectivity index (χ4v) is 2.01. The number of hydrogen-bond donors (Lipinski definition) is 1. The second kappa shape index (κ2) is 6.17. The largest absolute Gasteiger partial charge is 0.481 e. The first-order chi connectivity index (χ1) is 10.0. The number of ether oxygens (including phenoxy) is 1. The van der Waals surface area contributed by atoms with Gasteiger partial charge in [-0.15, -0.1) is 0 Å². The van der Waals surface area contributed by atoms with Crippen LogP contribution in [0.2, 0.25) is 0 Å². The molecule has 0 aromatic heterocycles. The number of benzene rings is 2. The summed E-state index contributed by atoms with van der Waals surface area (Å²) in [6.45, 7) is 0. The van der Waals surface area contributed by atoms with Gasteiger partial charge in [0.2, 0.25) is 0 Å². The van der Waals surface area contributed by atoms with E-state index in [0.717, 1.165) is 0 Å². The standard InChI is InChI=1S/C16H13FO4/c1-21-16(20)12-4-2-3-11(9-12)13-7-10(8-15(18)19)5-6-14(13)17/h2-7,9H,8H2,1H3,(H,18,19). The Bertz CT molecular complexity index is 694. The molecule has 1 N–H and O–H groups in total. The fourth-order valence-electron chi connectivity index (χ4n) is 2.01. The highest BCUT2D eigenvalue weighted by atomic mass is 19.1. The second-order valence-corrected chi connectivity index (χ2v) is 4.46. The molecule has 0 aliphatic rings. The average Bonchev–Trinajstić information content (AvgIpc) is 2.48. The van der Waals surface area contributed by atoms with E-state index in [1.54, 1.807) is 18.2 Å². The first-order valence-electron chi connectivity index (χ1n) is 6.20. The van der Waals surface area contributed by atoms with Gasteiger partial charge >= 0.3 is 11.9 Å². The molecular weight excluding hydrogens is 275 g/mol. The first kappa shape index (κ1) is 14.7. The third-order valence-electron chi connectivity index (χ3n) is 2.98. The van der Waals surface area contributed by atoms with Gasteiger partial charge in [0.1, 0.15) is 5.82 Å². The molecule has 2 aromatic rings. The zero-order valence-corrected chi connectivity index (χ0v) is 11.3. The maximum atomic E-state index is 13.9. The average molecular weight is 288 g/mol. The van der Waals surface area contributed by atoms with Gasteiger partial charge in [0.15, 0.2) is 0 Å². The lowest BCUT2D eigenvalue weighted by molar-refractivity contribution is -0.136. The van der Waals surface area contributed by atoms with Gasteiger partial charge in [0.25, 0.3) is 0 Å². The van der Waals surface area contributed by atoms with Crippen molar-refractivity contribution in [1.29, 1.82) is 0 Å². The summed E-state index contributed by atoms with van der Waals surface area (Å²) in [6, 6.07) is 10.5. The normalized spacial score (nSPS) is 10.2. The van der Waals surface area contributed by atoms with E-state index in [-0.39, 0.29) is 12.0 Å². The van der Waals surface area contributed by atoms with Gasteiger partial charge in [-0.3, -0.25) is 4.79 Å². The third-order valence-corrected chi connectivity index (χ3v) is 2.98. The van der Waals surface area contributed by atoms with Crippen molar-refractivity contribution in [2.24, 2.45) is 0 Å². The van der Waals surface area contributed by atoms with Crippen LogP contribution >= 0.6 is 0 Å². The summed E-state index contributed by atoms with van der Waals surface area (Å²) in [6.07, 6.45) is -0.191. The zero-order chi connectivity index (χ0) is 15.4. The Labute approximate surface area is 120 Å². The van der Waals surface area contributed by atoms with Crippen LogP contribution in [0.4, 0.5) is 4.39 Å². The SMILES string of the molecule is COC(=O)c1cccc(-c2cc(CC(=O)O)ccc2F)c1. The third kappa shape index (κ3) is 3.45. The molecule has 0 unspecified atom stereocenters. The van der Waals surface area contributed by atoms with E-state index >= 15 is 0 Å². The maximum Gasteiger partial charge on any atom is 0.337 e. The minimum Gasteiger partial charge on any atom is -0.481 e. The van der Waals surface area contributed by atoms with Crippen molar-refractivity contribution in [1.82, 2.24) is 0 Å². The number of aliphatic carboxylic acids is 1. The van der Waals surface area contributed by atoms with Crippen molar-refractivity contribution in [3.05, 3.63) is 59.4 Å². The minimum atomic E-state index is -0.990. The van der Waals surface area contributed by atoms with Gasteiger partial charge in [-0.25, -0.2) is 9.18 Å². The number of carboxylic acids is 1. The summed E-state index contributed by atoms with van der Waals surface area (Å²) >= 11 is 0. The van der Waals surface area contributed by atoms with Gasteiger partial charge in [0, 0.05) is 5.56 Å². The number of carbonyl (C=O) groups is 2. The summed E-state index contributed by atoms with van der Waals surface area (Å²) in [5.74, 6) is -1.99. The molecule has 5 heteroatoms. The van der Waals surface area contributed by atoms with E-state index in [1.807, 2.05) is 0 Å². The van der Waals surface area contributed by atoms with Crippen LogP contribution in [0.1, 0.15) is 15.9 Å². The number of rotatable bonds is 4. The predicted octanol–water partition coefficient (Wildman–Crippen LogP) is 2.91. The lowest BCUT2D eigenvalue weighted by Crippen LogP contribution is -2.02. The smallest absolute Gasteiger partial charge is 0.337 e. The quantitative estimate of drug-likeness (QED) is 0.879. The molecule has 0 aliphatic carbocycles. The molecule has 2 aromatic carbocycles. The molecule has 0 heterocycles. The highest BCUT2D eigenvalue weighted by molar-refractivity contribution is 5.91. The van der Waals surface area contributed by atoms with Crippen LogP contribution in [0.15, 0.2) is 42.5 Å². The van der Waals surface area contributed by atoms with Crippen LogP contribution in [0.5, 0.6) is 0 Å². The number of carbonyl (C=O) groups excluding carboxylic acids is 1.